The van der Waals surface area contributed by atoms with Crippen molar-refractivity contribution in [2.24, 2.45) is 0 Å². The van der Waals surface area contributed by atoms with E-state index in [9.17, 15) is 29.7 Å². The first-order chi connectivity index (χ1) is 12.4. The predicted molar refractivity (Wildman–Crippen MR) is 82.6 cm³/mol. The van der Waals surface area contributed by atoms with Gasteiger partial charge in [0.05, 0.1) is 31.1 Å². The Morgan fingerprint density at radius 1 is 0.966 bits per heavy atom. The Hall–Kier alpha value is 0.510. The number of carbonyl (C=O) groups excluding carboxylic acids is 3. The monoisotopic (exact) mass is 432 g/mol. The first kappa shape index (κ1) is 31.7. The molecule has 1 aromatic carbocycles. The van der Waals surface area contributed by atoms with Crippen LogP contribution in [0.25, 0.3) is 0 Å². The molecule has 0 spiro atoms. The summed E-state index contributed by atoms with van der Waals surface area (Å²) in [5.41, 5.74) is -0.518. The smallest absolute Gasteiger partial charge is 0.549 e. The molecule has 0 radical (unpaired) electrons. The van der Waals surface area contributed by atoms with Gasteiger partial charge in [-0.1, -0.05) is 12.1 Å². The number of aromatic carboxylic acids is 2. The number of rotatable bonds is 9. The molecule has 0 aliphatic carbocycles. The Kier molecular flexibility index (Phi) is 17.7. The first-order valence-corrected chi connectivity index (χ1v) is 8.14. The van der Waals surface area contributed by atoms with Crippen molar-refractivity contribution in [1.82, 2.24) is 9.80 Å². The van der Waals surface area contributed by atoms with Crippen molar-refractivity contribution in [3.8, 4) is 0 Å². The number of carboxylic acid groups (broad SMARTS) is 3. The van der Waals surface area contributed by atoms with Crippen LogP contribution >= 0.6 is 0 Å². The molecule has 0 unspecified atom stereocenters. The number of hydrogen-bond acceptors (Lipinski definition) is 9. The number of carboxylic acids is 3. The van der Waals surface area contributed by atoms with E-state index in [1.54, 1.807) is 4.90 Å². The topological polar surface area (TPSA) is 136 Å². The molecule has 0 bridgehead atoms. The van der Waals surface area contributed by atoms with Crippen LogP contribution in [0.3, 0.4) is 0 Å². The van der Waals surface area contributed by atoms with E-state index in [4.69, 9.17) is 4.74 Å². The maximum atomic E-state index is 11.1. The fourth-order valence-electron chi connectivity index (χ4n) is 2.80. The van der Waals surface area contributed by atoms with Crippen LogP contribution in [0.4, 0.5) is 0 Å². The molecule has 12 heteroatoms. The zero-order chi connectivity index (χ0) is 19.1. The second-order valence-electron chi connectivity index (χ2n) is 5.99. The number of hydrogen-bond donors (Lipinski definition) is 0. The number of nitrogens with zero attached hydrogens (tertiary/aromatic N) is 2. The van der Waals surface area contributed by atoms with E-state index in [0.717, 1.165) is 25.2 Å². The van der Waals surface area contributed by atoms with Crippen LogP contribution in [0.1, 0.15) is 26.3 Å². The quantitative estimate of drug-likeness (QED) is 0.349. The van der Waals surface area contributed by atoms with Crippen LogP contribution in [0, 0.1) is 0 Å². The van der Waals surface area contributed by atoms with Gasteiger partial charge in [0.15, 0.2) is 0 Å². The molecule has 0 aromatic heterocycles. The van der Waals surface area contributed by atoms with Gasteiger partial charge in [-0.2, -0.15) is 0 Å². The minimum atomic E-state index is -1.63. The molecule has 0 N–H and O–H groups in total. The van der Waals surface area contributed by atoms with Crippen molar-refractivity contribution in [2.75, 3.05) is 45.9 Å². The second-order valence-corrected chi connectivity index (χ2v) is 5.99. The van der Waals surface area contributed by atoms with E-state index < -0.39 is 29.0 Å². The molecule has 0 amide bonds. The number of carbonyl (C=O) groups is 3. The van der Waals surface area contributed by atoms with Crippen LogP contribution in [0.2, 0.25) is 0 Å². The molecule has 1 aliphatic rings. The molecule has 2 rings (SSSR count). The van der Waals surface area contributed by atoms with Crippen molar-refractivity contribution in [3.05, 3.63) is 34.9 Å². The third-order valence-electron chi connectivity index (χ3n) is 4.12. The van der Waals surface area contributed by atoms with Crippen molar-refractivity contribution in [1.29, 1.82) is 0 Å². The predicted octanol–water partition coefficient (Wildman–Crippen LogP) is -12.7. The van der Waals surface area contributed by atoms with Gasteiger partial charge in [0.1, 0.15) is 0 Å². The Morgan fingerprint density at radius 2 is 1.55 bits per heavy atom. The van der Waals surface area contributed by atoms with E-state index in [1.807, 2.05) is 0 Å². The normalized spacial score (nSPS) is 13.6. The molecule has 1 heterocycles. The van der Waals surface area contributed by atoms with E-state index in [1.165, 1.54) is 6.07 Å². The molecule has 1 saturated heterocycles. The van der Waals surface area contributed by atoms with Crippen LogP contribution in [0.5, 0.6) is 0 Å². The summed E-state index contributed by atoms with van der Waals surface area (Å²) in [5.74, 6) is -4.50. The molecular formula is C17H19N2Na3O7. The Morgan fingerprint density at radius 3 is 2.07 bits per heavy atom. The summed E-state index contributed by atoms with van der Waals surface area (Å²) in [5, 5.41) is 33.1. The molecular weight excluding hydrogens is 413 g/mol. The summed E-state index contributed by atoms with van der Waals surface area (Å²) in [7, 11) is 0. The van der Waals surface area contributed by atoms with Gasteiger partial charge in [-0.25, -0.2) is 0 Å². The zero-order valence-electron chi connectivity index (χ0n) is 17.1. The van der Waals surface area contributed by atoms with Crippen molar-refractivity contribution < 1.29 is 123 Å². The van der Waals surface area contributed by atoms with Gasteiger partial charge in [0.25, 0.3) is 0 Å². The van der Waals surface area contributed by atoms with E-state index in [-0.39, 0.29) is 102 Å². The van der Waals surface area contributed by atoms with Gasteiger partial charge in [0.2, 0.25) is 0 Å². The second kappa shape index (κ2) is 16.2. The standard InChI is InChI=1S/C17H22N2O7.3Na/c20-15(21)11-19(4-3-18-5-7-26-8-6-18)10-12-1-2-13(16(22)23)14(9-12)17(24)25;;;/h1-2,9H,3-8,10-11H2,(H,20,21)(H,22,23)(H,24,25);;;/q;3*+1/p-3. The minimum Gasteiger partial charge on any atom is -0.549 e. The number of morpholine rings is 1. The summed E-state index contributed by atoms with van der Waals surface area (Å²) in [6.45, 7) is 3.63. The van der Waals surface area contributed by atoms with E-state index in [2.05, 4.69) is 4.90 Å². The molecule has 0 saturated carbocycles. The number of benzene rings is 1. The number of ether oxygens (including phenoxy) is 1. The average molecular weight is 432 g/mol. The fraction of sp³-hybridized carbons (Fsp3) is 0.471. The van der Waals surface area contributed by atoms with Crippen molar-refractivity contribution >= 4 is 17.9 Å². The van der Waals surface area contributed by atoms with E-state index in [0.29, 0.717) is 31.9 Å². The van der Waals surface area contributed by atoms with Gasteiger partial charge < -0.3 is 34.4 Å². The third kappa shape index (κ3) is 11.1. The van der Waals surface area contributed by atoms with Gasteiger partial charge >= 0.3 is 88.7 Å². The maximum Gasteiger partial charge on any atom is 1.00 e. The summed E-state index contributed by atoms with van der Waals surface area (Å²) in [6, 6.07) is 3.71. The van der Waals surface area contributed by atoms with Crippen LogP contribution < -0.4 is 104 Å². The molecule has 1 fully saturated rings. The van der Waals surface area contributed by atoms with Crippen molar-refractivity contribution in [3.63, 3.8) is 0 Å². The molecule has 142 valence electrons. The Bertz CT molecular complexity index is 685. The molecule has 1 aliphatic heterocycles. The van der Waals surface area contributed by atoms with Crippen LogP contribution in [0.15, 0.2) is 18.2 Å². The summed E-state index contributed by atoms with van der Waals surface area (Å²) < 4.78 is 5.26. The molecule has 1 aromatic rings. The fourth-order valence-corrected chi connectivity index (χ4v) is 2.80. The zero-order valence-corrected chi connectivity index (χ0v) is 23.1. The minimum absolute atomic E-state index is 0. The SMILES string of the molecule is O=C([O-])CN(CCN1CCOCC1)Cc1ccc(C(=O)[O-])c(C(=O)[O-])c1.[Na+].[Na+].[Na+]. The Labute approximate surface area is 235 Å². The summed E-state index contributed by atoms with van der Waals surface area (Å²) >= 11 is 0. The Balaban J connectivity index is 0. The first-order valence-electron chi connectivity index (χ1n) is 8.14. The molecule has 9 nitrogen and oxygen atoms in total. The van der Waals surface area contributed by atoms with Crippen LogP contribution in [-0.2, 0) is 16.1 Å². The summed E-state index contributed by atoms with van der Waals surface area (Å²) in [6.07, 6.45) is 0. The molecule has 29 heavy (non-hydrogen) atoms. The van der Waals surface area contributed by atoms with Gasteiger partial charge in [-0.15, -0.1) is 0 Å². The average Bonchev–Trinajstić information content (AvgIpc) is 2.59. The van der Waals surface area contributed by atoms with Gasteiger partial charge in [-0.05, 0) is 11.6 Å². The van der Waals surface area contributed by atoms with Crippen LogP contribution in [-0.4, -0.2) is 73.6 Å². The maximum absolute atomic E-state index is 11.1. The largest absolute Gasteiger partial charge is 1.00 e. The van der Waals surface area contributed by atoms with Gasteiger partial charge in [0, 0.05) is 50.4 Å². The molecule has 0 atom stereocenters. The van der Waals surface area contributed by atoms with E-state index >= 15 is 0 Å². The third-order valence-corrected chi connectivity index (χ3v) is 4.12. The van der Waals surface area contributed by atoms with Gasteiger partial charge in [-0.3, -0.25) is 9.80 Å². The number of aliphatic carboxylic acids is 1. The summed E-state index contributed by atoms with van der Waals surface area (Å²) in [4.78, 5) is 36.8. The van der Waals surface area contributed by atoms with Crippen molar-refractivity contribution in [2.45, 2.75) is 6.54 Å².